The molecule has 0 saturated carbocycles. The van der Waals surface area contributed by atoms with E-state index in [1.807, 2.05) is 0 Å². The smallest absolute Gasteiger partial charge is 0.0483 e. The monoisotopic (exact) mass is 290 g/mol. The van der Waals surface area contributed by atoms with Gasteiger partial charge in [0.05, 0.1) is 0 Å². The maximum atomic E-state index is 2.48. The molecule has 2 heteroatoms. The third-order valence-corrected chi connectivity index (χ3v) is 5.30. The number of benzene rings is 2. The van der Waals surface area contributed by atoms with E-state index < -0.39 is 0 Å². The summed E-state index contributed by atoms with van der Waals surface area (Å²) in [6, 6.07) is 20.2. The predicted octanol–water partition coefficient (Wildman–Crippen LogP) is 4.14. The summed E-state index contributed by atoms with van der Waals surface area (Å²) < 4.78 is 2.41. The molecular formula is C20H22N2. The van der Waals surface area contributed by atoms with Gasteiger partial charge in [0.25, 0.3) is 0 Å². The second-order valence-corrected chi connectivity index (χ2v) is 6.48. The summed E-state index contributed by atoms with van der Waals surface area (Å²) in [4.78, 5) is 2.48. The zero-order chi connectivity index (χ0) is 15.3. The van der Waals surface area contributed by atoms with Crippen molar-refractivity contribution in [2.24, 2.45) is 7.05 Å². The van der Waals surface area contributed by atoms with Gasteiger partial charge in [-0.2, -0.15) is 0 Å². The average Bonchev–Trinajstić information content (AvgIpc) is 2.83. The van der Waals surface area contributed by atoms with Crippen LogP contribution in [-0.4, -0.2) is 22.6 Å². The van der Waals surface area contributed by atoms with Gasteiger partial charge in [-0.3, -0.25) is 4.90 Å². The van der Waals surface area contributed by atoms with Gasteiger partial charge in [-0.1, -0.05) is 48.5 Å². The maximum absolute atomic E-state index is 2.48. The van der Waals surface area contributed by atoms with Gasteiger partial charge in [0.15, 0.2) is 0 Å². The molecule has 0 N–H and O–H groups in total. The Balaban J connectivity index is 2.02. The lowest BCUT2D eigenvalue weighted by Gasteiger charge is -2.38. The first-order chi connectivity index (χ1) is 10.7. The lowest BCUT2D eigenvalue weighted by molar-refractivity contribution is 0.209. The Kier molecular flexibility index (Phi) is 3.08. The maximum Gasteiger partial charge on any atom is 0.0483 e. The summed E-state index contributed by atoms with van der Waals surface area (Å²) in [6.45, 7) is 3.37. The fraction of sp³-hybridized carbons (Fsp3) is 0.300. The molecular weight excluding hydrogens is 268 g/mol. The van der Waals surface area contributed by atoms with E-state index in [-0.39, 0.29) is 0 Å². The van der Waals surface area contributed by atoms with Crippen LogP contribution in [-0.2, 0) is 13.6 Å². The molecule has 3 aromatic rings. The molecule has 2 nitrogen and oxygen atoms in total. The summed E-state index contributed by atoms with van der Waals surface area (Å²) in [7, 11) is 4.46. The first-order valence-electron chi connectivity index (χ1n) is 8.00. The molecule has 0 amide bonds. The molecule has 112 valence electrons. The molecule has 0 unspecified atom stereocenters. The van der Waals surface area contributed by atoms with Gasteiger partial charge in [0.2, 0.25) is 0 Å². The van der Waals surface area contributed by atoms with E-state index in [4.69, 9.17) is 0 Å². The van der Waals surface area contributed by atoms with Crippen molar-refractivity contribution in [1.29, 1.82) is 0 Å². The average molecular weight is 290 g/mol. The second kappa shape index (κ2) is 4.99. The zero-order valence-corrected chi connectivity index (χ0v) is 13.5. The van der Waals surface area contributed by atoms with Gasteiger partial charge in [0.1, 0.15) is 0 Å². The molecule has 0 spiro atoms. The van der Waals surface area contributed by atoms with E-state index in [0.29, 0.717) is 12.0 Å². The fourth-order valence-electron chi connectivity index (χ4n) is 4.03. The Morgan fingerprint density at radius 3 is 2.36 bits per heavy atom. The summed E-state index contributed by atoms with van der Waals surface area (Å²) in [5, 5.41) is 1.40. The van der Waals surface area contributed by atoms with Crippen LogP contribution in [0.2, 0.25) is 0 Å². The minimum atomic E-state index is 0.423. The quantitative estimate of drug-likeness (QED) is 0.654. The lowest BCUT2D eigenvalue weighted by atomic mass is 9.83. The van der Waals surface area contributed by atoms with Crippen LogP contribution in [0.25, 0.3) is 10.9 Å². The molecule has 2 heterocycles. The third kappa shape index (κ3) is 1.84. The van der Waals surface area contributed by atoms with Crippen molar-refractivity contribution >= 4 is 10.9 Å². The molecule has 1 aliphatic rings. The van der Waals surface area contributed by atoms with Crippen LogP contribution in [0.15, 0.2) is 54.6 Å². The summed E-state index contributed by atoms with van der Waals surface area (Å²) in [6.07, 6.45) is 0. The number of nitrogens with zero attached hydrogens (tertiary/aromatic N) is 2. The molecule has 1 aliphatic heterocycles. The normalized spacial score (nSPS) is 22.0. The van der Waals surface area contributed by atoms with E-state index in [1.54, 1.807) is 0 Å². The first kappa shape index (κ1) is 13.6. The Bertz CT molecular complexity index is 816. The van der Waals surface area contributed by atoms with Crippen molar-refractivity contribution in [3.63, 3.8) is 0 Å². The summed E-state index contributed by atoms with van der Waals surface area (Å²) in [5.74, 6) is 0.423. The van der Waals surface area contributed by atoms with Crippen molar-refractivity contribution in [2.45, 2.75) is 25.4 Å². The van der Waals surface area contributed by atoms with E-state index in [2.05, 4.69) is 85.1 Å². The highest BCUT2D eigenvalue weighted by atomic mass is 15.2. The van der Waals surface area contributed by atoms with Crippen molar-refractivity contribution in [3.8, 4) is 0 Å². The van der Waals surface area contributed by atoms with Gasteiger partial charge < -0.3 is 4.57 Å². The van der Waals surface area contributed by atoms with Gasteiger partial charge in [-0.15, -0.1) is 0 Å². The van der Waals surface area contributed by atoms with Crippen LogP contribution < -0.4 is 0 Å². The molecule has 2 aromatic carbocycles. The van der Waals surface area contributed by atoms with Gasteiger partial charge in [-0.05, 0) is 31.2 Å². The van der Waals surface area contributed by atoms with E-state index in [0.717, 1.165) is 6.54 Å². The van der Waals surface area contributed by atoms with Crippen LogP contribution in [0.1, 0.15) is 29.7 Å². The fourth-order valence-corrected chi connectivity index (χ4v) is 4.03. The van der Waals surface area contributed by atoms with Crippen LogP contribution in [0.4, 0.5) is 0 Å². The van der Waals surface area contributed by atoms with Crippen molar-refractivity contribution in [3.05, 3.63) is 71.4 Å². The SMILES string of the molecule is C[C@@H]1[C@H](c2ccccc2)c2c(c3ccccc3n2C)CN1C. The number of rotatable bonds is 1. The summed E-state index contributed by atoms with van der Waals surface area (Å²) in [5.41, 5.74) is 5.73. The lowest BCUT2D eigenvalue weighted by Crippen LogP contribution is -2.39. The van der Waals surface area contributed by atoms with Crippen LogP contribution in [0.3, 0.4) is 0 Å². The molecule has 0 fully saturated rings. The minimum absolute atomic E-state index is 0.423. The van der Waals surface area contributed by atoms with Gasteiger partial charge in [-0.25, -0.2) is 0 Å². The Morgan fingerprint density at radius 2 is 1.59 bits per heavy atom. The zero-order valence-electron chi connectivity index (χ0n) is 13.5. The predicted molar refractivity (Wildman–Crippen MR) is 92.1 cm³/mol. The molecule has 22 heavy (non-hydrogen) atoms. The highest BCUT2D eigenvalue weighted by molar-refractivity contribution is 5.86. The van der Waals surface area contributed by atoms with Crippen LogP contribution in [0.5, 0.6) is 0 Å². The van der Waals surface area contributed by atoms with Gasteiger partial charge in [0, 0.05) is 42.1 Å². The molecule has 0 aliphatic carbocycles. The molecule has 0 saturated heterocycles. The van der Waals surface area contributed by atoms with Crippen molar-refractivity contribution < 1.29 is 0 Å². The van der Waals surface area contributed by atoms with Crippen LogP contribution in [0, 0.1) is 0 Å². The van der Waals surface area contributed by atoms with E-state index in [9.17, 15) is 0 Å². The highest BCUT2D eigenvalue weighted by Crippen LogP contribution is 2.41. The number of aryl methyl sites for hydroxylation is 1. The van der Waals surface area contributed by atoms with E-state index >= 15 is 0 Å². The van der Waals surface area contributed by atoms with Gasteiger partial charge >= 0.3 is 0 Å². The number of hydrogen-bond acceptors (Lipinski definition) is 1. The highest BCUT2D eigenvalue weighted by Gasteiger charge is 2.35. The minimum Gasteiger partial charge on any atom is -0.347 e. The van der Waals surface area contributed by atoms with Crippen LogP contribution >= 0.6 is 0 Å². The second-order valence-electron chi connectivity index (χ2n) is 6.48. The largest absolute Gasteiger partial charge is 0.347 e. The summed E-state index contributed by atoms with van der Waals surface area (Å²) >= 11 is 0. The number of fused-ring (bicyclic) bond motifs is 3. The molecule has 1 aromatic heterocycles. The van der Waals surface area contributed by atoms with E-state index in [1.165, 1.54) is 27.7 Å². The Labute approximate surface area is 132 Å². The Morgan fingerprint density at radius 1 is 0.909 bits per heavy atom. The van der Waals surface area contributed by atoms with Crippen molar-refractivity contribution in [2.75, 3.05) is 7.05 Å². The molecule has 4 rings (SSSR count). The number of para-hydroxylation sites is 1. The molecule has 0 radical (unpaired) electrons. The Hall–Kier alpha value is -2.06. The third-order valence-electron chi connectivity index (χ3n) is 5.30. The number of aromatic nitrogens is 1. The van der Waals surface area contributed by atoms with Crippen molar-refractivity contribution in [1.82, 2.24) is 9.47 Å². The topological polar surface area (TPSA) is 8.17 Å². The number of hydrogen-bond donors (Lipinski definition) is 0. The standard InChI is InChI=1S/C20H22N2/c1-14-19(15-9-5-4-6-10-15)20-17(13-21(14)2)16-11-7-8-12-18(16)22(20)3/h4-12,14,19H,13H2,1-3H3/t14-,19-/m1/s1. The molecule has 2 atom stereocenters. The molecule has 0 bridgehead atoms. The number of likely N-dealkylation sites (N-methyl/N-ethyl adjacent to an activating group) is 1. The first-order valence-corrected chi connectivity index (χ1v) is 8.00.